The Morgan fingerprint density at radius 1 is 1.18 bits per heavy atom. The number of aryl methyl sites for hydroxylation is 2. The van der Waals surface area contributed by atoms with Gasteiger partial charge in [0.25, 0.3) is 0 Å². The minimum Gasteiger partial charge on any atom is -0.339 e. The first kappa shape index (κ1) is 20.2. The van der Waals surface area contributed by atoms with E-state index in [1.165, 1.54) is 22.5 Å². The van der Waals surface area contributed by atoms with Crippen molar-refractivity contribution in [3.8, 4) is 11.3 Å². The van der Waals surface area contributed by atoms with Crippen LogP contribution in [0.1, 0.15) is 68.8 Å². The molecule has 0 aliphatic rings. The molecule has 0 radical (unpaired) electrons. The van der Waals surface area contributed by atoms with Gasteiger partial charge in [0.05, 0.1) is 5.69 Å². The second-order valence-electron chi connectivity index (χ2n) is 7.48. The zero-order valence-corrected chi connectivity index (χ0v) is 17.8. The lowest BCUT2D eigenvalue weighted by atomic mass is 9.90. The topological polar surface area (TPSA) is 80.9 Å². The van der Waals surface area contributed by atoms with E-state index < -0.39 is 0 Å². The summed E-state index contributed by atoms with van der Waals surface area (Å²) < 4.78 is 5.03. The average Bonchev–Trinajstić information content (AvgIpc) is 3.28. The molecule has 0 spiro atoms. The van der Waals surface area contributed by atoms with Gasteiger partial charge in [0.1, 0.15) is 0 Å². The van der Waals surface area contributed by atoms with Crippen molar-refractivity contribution in [1.29, 1.82) is 0 Å². The standard InChI is InChI=1S/C21H26N4O2S/c1-12(2)15-6-7-16(17(10-15)13(3)4)18-11-28-21(23-18)24-19(26)8-9-20-22-14(5)25-27-20/h6-7,10-13H,8-9H2,1-5H3,(H,23,24,26). The van der Waals surface area contributed by atoms with Gasteiger partial charge in [0.2, 0.25) is 11.8 Å². The van der Waals surface area contributed by atoms with Crippen LogP contribution in [-0.2, 0) is 11.2 Å². The third-order valence-electron chi connectivity index (χ3n) is 4.53. The summed E-state index contributed by atoms with van der Waals surface area (Å²) in [5, 5.41) is 9.19. The second kappa shape index (κ2) is 8.65. The van der Waals surface area contributed by atoms with E-state index in [1.807, 2.05) is 5.38 Å². The Morgan fingerprint density at radius 2 is 1.96 bits per heavy atom. The molecule has 0 saturated heterocycles. The molecule has 7 heteroatoms. The Bertz CT molecular complexity index is 959. The van der Waals surface area contributed by atoms with E-state index in [-0.39, 0.29) is 12.3 Å². The molecule has 0 bridgehead atoms. The van der Waals surface area contributed by atoms with E-state index in [0.717, 1.165) is 11.3 Å². The molecule has 3 rings (SSSR count). The summed E-state index contributed by atoms with van der Waals surface area (Å²) in [4.78, 5) is 20.9. The number of amides is 1. The summed E-state index contributed by atoms with van der Waals surface area (Å²) in [7, 11) is 0. The normalized spacial score (nSPS) is 11.4. The van der Waals surface area contributed by atoms with E-state index in [0.29, 0.717) is 35.1 Å². The minimum absolute atomic E-state index is 0.115. The molecule has 28 heavy (non-hydrogen) atoms. The Morgan fingerprint density at radius 3 is 2.61 bits per heavy atom. The summed E-state index contributed by atoms with van der Waals surface area (Å²) in [5.74, 6) is 1.81. The zero-order valence-electron chi connectivity index (χ0n) is 16.9. The smallest absolute Gasteiger partial charge is 0.227 e. The van der Waals surface area contributed by atoms with E-state index in [2.05, 4.69) is 66.3 Å². The van der Waals surface area contributed by atoms with Gasteiger partial charge in [-0.05, 0) is 29.9 Å². The number of hydrogen-bond donors (Lipinski definition) is 1. The number of nitrogens with one attached hydrogen (secondary N) is 1. The van der Waals surface area contributed by atoms with Crippen LogP contribution in [0.5, 0.6) is 0 Å². The van der Waals surface area contributed by atoms with Gasteiger partial charge < -0.3 is 9.84 Å². The maximum absolute atomic E-state index is 12.2. The fourth-order valence-electron chi connectivity index (χ4n) is 2.95. The summed E-state index contributed by atoms with van der Waals surface area (Å²) in [6.45, 7) is 10.5. The first-order chi connectivity index (χ1) is 13.3. The Hall–Kier alpha value is -2.54. The van der Waals surface area contributed by atoms with E-state index in [4.69, 9.17) is 4.52 Å². The van der Waals surface area contributed by atoms with Crippen LogP contribution in [0.2, 0.25) is 0 Å². The van der Waals surface area contributed by atoms with Crippen molar-refractivity contribution < 1.29 is 9.32 Å². The van der Waals surface area contributed by atoms with Crippen molar-refractivity contribution in [1.82, 2.24) is 15.1 Å². The summed E-state index contributed by atoms with van der Waals surface area (Å²) in [6, 6.07) is 6.58. The molecular weight excluding hydrogens is 372 g/mol. The quantitative estimate of drug-likeness (QED) is 0.582. The highest BCUT2D eigenvalue weighted by atomic mass is 32.1. The van der Waals surface area contributed by atoms with Gasteiger partial charge in [-0.1, -0.05) is 51.1 Å². The number of thiazole rings is 1. The van der Waals surface area contributed by atoms with Crippen LogP contribution in [0, 0.1) is 6.92 Å². The fourth-order valence-corrected chi connectivity index (χ4v) is 3.68. The molecule has 0 unspecified atom stereocenters. The fraction of sp³-hybridized carbons (Fsp3) is 0.429. The number of anilines is 1. The number of aromatic nitrogens is 3. The molecule has 0 aliphatic carbocycles. The minimum atomic E-state index is -0.115. The van der Waals surface area contributed by atoms with Crippen molar-refractivity contribution in [3.05, 3.63) is 46.4 Å². The van der Waals surface area contributed by atoms with Crippen LogP contribution in [0.15, 0.2) is 28.1 Å². The lowest BCUT2D eigenvalue weighted by Gasteiger charge is -2.15. The lowest BCUT2D eigenvalue weighted by molar-refractivity contribution is -0.116. The lowest BCUT2D eigenvalue weighted by Crippen LogP contribution is -2.12. The summed E-state index contributed by atoms with van der Waals surface area (Å²) >= 11 is 1.43. The van der Waals surface area contributed by atoms with Gasteiger partial charge in [-0.15, -0.1) is 11.3 Å². The van der Waals surface area contributed by atoms with Crippen LogP contribution in [0.25, 0.3) is 11.3 Å². The number of rotatable bonds is 7. The first-order valence-corrected chi connectivity index (χ1v) is 10.4. The molecule has 3 aromatic rings. The first-order valence-electron chi connectivity index (χ1n) is 9.52. The molecule has 1 amide bonds. The number of carbonyl (C=O) groups is 1. The van der Waals surface area contributed by atoms with Gasteiger partial charge in [-0.2, -0.15) is 4.98 Å². The van der Waals surface area contributed by atoms with Gasteiger partial charge in [-0.3, -0.25) is 4.79 Å². The Labute approximate surface area is 169 Å². The highest BCUT2D eigenvalue weighted by molar-refractivity contribution is 7.14. The largest absolute Gasteiger partial charge is 0.339 e. The molecule has 0 atom stereocenters. The molecule has 0 saturated carbocycles. The highest BCUT2D eigenvalue weighted by Gasteiger charge is 2.15. The highest BCUT2D eigenvalue weighted by Crippen LogP contribution is 2.33. The third kappa shape index (κ3) is 4.84. The van der Waals surface area contributed by atoms with Gasteiger partial charge in [0.15, 0.2) is 11.0 Å². The number of hydrogen-bond acceptors (Lipinski definition) is 6. The van der Waals surface area contributed by atoms with Crippen LogP contribution >= 0.6 is 11.3 Å². The van der Waals surface area contributed by atoms with Crippen molar-refractivity contribution in [2.75, 3.05) is 5.32 Å². The van der Waals surface area contributed by atoms with E-state index >= 15 is 0 Å². The van der Waals surface area contributed by atoms with Crippen LogP contribution in [-0.4, -0.2) is 21.0 Å². The van der Waals surface area contributed by atoms with Gasteiger partial charge in [0, 0.05) is 23.8 Å². The van der Waals surface area contributed by atoms with Crippen molar-refractivity contribution in [2.45, 2.75) is 59.3 Å². The van der Waals surface area contributed by atoms with Crippen LogP contribution < -0.4 is 5.32 Å². The average molecular weight is 399 g/mol. The second-order valence-corrected chi connectivity index (χ2v) is 8.34. The van der Waals surface area contributed by atoms with Crippen molar-refractivity contribution in [2.24, 2.45) is 0 Å². The molecule has 148 valence electrons. The predicted octanol–water partition coefficient (Wildman–Crippen LogP) is 5.32. The SMILES string of the molecule is Cc1noc(CCC(=O)Nc2nc(-c3ccc(C(C)C)cc3C(C)C)cs2)n1. The van der Waals surface area contributed by atoms with E-state index in [1.54, 1.807) is 6.92 Å². The summed E-state index contributed by atoms with van der Waals surface area (Å²) in [5.41, 5.74) is 4.62. The van der Waals surface area contributed by atoms with Gasteiger partial charge >= 0.3 is 0 Å². The summed E-state index contributed by atoms with van der Waals surface area (Å²) in [6.07, 6.45) is 0.690. The molecular formula is C21H26N4O2S. The van der Waals surface area contributed by atoms with Crippen LogP contribution in [0.4, 0.5) is 5.13 Å². The Balaban J connectivity index is 1.70. The molecule has 0 fully saturated rings. The Kier molecular flexibility index (Phi) is 6.24. The third-order valence-corrected chi connectivity index (χ3v) is 5.28. The molecule has 6 nitrogen and oxygen atoms in total. The van der Waals surface area contributed by atoms with Crippen molar-refractivity contribution >= 4 is 22.4 Å². The molecule has 2 heterocycles. The van der Waals surface area contributed by atoms with Crippen LogP contribution in [0.3, 0.4) is 0 Å². The predicted molar refractivity (Wildman–Crippen MR) is 112 cm³/mol. The van der Waals surface area contributed by atoms with Gasteiger partial charge in [-0.25, -0.2) is 4.98 Å². The maximum atomic E-state index is 12.2. The molecule has 2 aromatic heterocycles. The molecule has 1 N–H and O–H groups in total. The number of carbonyl (C=O) groups excluding carboxylic acids is 1. The molecule has 1 aromatic carbocycles. The number of benzene rings is 1. The maximum Gasteiger partial charge on any atom is 0.227 e. The van der Waals surface area contributed by atoms with Crippen molar-refractivity contribution in [3.63, 3.8) is 0 Å². The monoisotopic (exact) mass is 398 g/mol. The molecule has 0 aliphatic heterocycles. The van der Waals surface area contributed by atoms with E-state index in [9.17, 15) is 4.79 Å². The number of nitrogens with zero attached hydrogens (tertiary/aromatic N) is 3. The zero-order chi connectivity index (χ0) is 20.3.